The van der Waals surface area contributed by atoms with Crippen molar-refractivity contribution in [1.29, 1.82) is 5.26 Å². The Morgan fingerprint density at radius 3 is 2.62 bits per heavy atom. The topological polar surface area (TPSA) is 62.7 Å². The Morgan fingerprint density at radius 1 is 1.62 bits per heavy atom. The van der Waals surface area contributed by atoms with Crippen molar-refractivity contribution >= 4 is 11.3 Å². The number of nitriles is 1. The van der Waals surface area contributed by atoms with Crippen molar-refractivity contribution in [2.75, 3.05) is 0 Å². The quantitative estimate of drug-likeness (QED) is 0.762. The summed E-state index contributed by atoms with van der Waals surface area (Å²) in [5, 5.41) is 8.47. The molecule has 3 nitrogen and oxygen atoms in total. The highest BCUT2D eigenvalue weighted by molar-refractivity contribution is 7.09. The third-order valence-electron chi connectivity index (χ3n) is 1.22. The molecule has 0 fully saturated rings. The van der Waals surface area contributed by atoms with Crippen LogP contribution >= 0.6 is 11.3 Å². The highest BCUT2D eigenvalue weighted by atomic mass is 32.1. The lowest BCUT2D eigenvalue weighted by atomic mass is 10.3. The number of hydrogen-bond donors (Lipinski definition) is 1. The predicted molar refractivity (Wildman–Crippen MR) is 39.7 cm³/mol. The summed E-state index contributed by atoms with van der Waals surface area (Å²) in [6.07, 6.45) is -4.46. The standard InChI is InChI=1S/C6H4F3N3S/c7-6(8,9)5-12-4(2-13-5)3(11)1-10/h2-3H,11H2. The summed E-state index contributed by atoms with van der Waals surface area (Å²) >= 11 is 0.433. The Bertz CT molecular complexity index is 338. The van der Waals surface area contributed by atoms with Crippen LogP contribution in [0.25, 0.3) is 0 Å². The maximum absolute atomic E-state index is 12.0. The number of hydrogen-bond acceptors (Lipinski definition) is 4. The van der Waals surface area contributed by atoms with Gasteiger partial charge in [0.25, 0.3) is 0 Å². The Balaban J connectivity index is 2.95. The van der Waals surface area contributed by atoms with Crippen LogP contribution in [0.3, 0.4) is 0 Å². The Kier molecular flexibility index (Phi) is 2.54. The van der Waals surface area contributed by atoms with Crippen molar-refractivity contribution in [1.82, 2.24) is 4.98 Å². The number of alkyl halides is 3. The van der Waals surface area contributed by atoms with Gasteiger partial charge in [-0.05, 0) is 0 Å². The molecule has 0 saturated heterocycles. The molecule has 1 aromatic rings. The number of rotatable bonds is 1. The summed E-state index contributed by atoms with van der Waals surface area (Å²) in [4.78, 5) is 3.20. The van der Waals surface area contributed by atoms with Crippen LogP contribution in [0.1, 0.15) is 16.7 Å². The molecule has 0 saturated carbocycles. The molecule has 0 aliphatic carbocycles. The fraction of sp³-hybridized carbons (Fsp3) is 0.333. The summed E-state index contributed by atoms with van der Waals surface area (Å²) in [6, 6.07) is 0.510. The first kappa shape index (κ1) is 9.95. The van der Waals surface area contributed by atoms with Crippen LogP contribution in [0.2, 0.25) is 0 Å². The van der Waals surface area contributed by atoms with E-state index < -0.39 is 17.2 Å². The van der Waals surface area contributed by atoms with Crippen LogP contribution in [-0.2, 0) is 6.18 Å². The molecule has 0 bridgehead atoms. The third kappa shape index (κ3) is 2.17. The zero-order chi connectivity index (χ0) is 10.1. The molecule has 1 aromatic heterocycles. The van der Waals surface area contributed by atoms with Gasteiger partial charge < -0.3 is 5.73 Å². The van der Waals surface area contributed by atoms with Gasteiger partial charge in [0.1, 0.15) is 6.04 Å². The van der Waals surface area contributed by atoms with Gasteiger partial charge in [-0.2, -0.15) is 18.4 Å². The summed E-state index contributed by atoms with van der Waals surface area (Å²) < 4.78 is 36.0. The van der Waals surface area contributed by atoms with Crippen LogP contribution in [0.4, 0.5) is 13.2 Å². The van der Waals surface area contributed by atoms with E-state index in [0.29, 0.717) is 11.3 Å². The summed E-state index contributed by atoms with van der Waals surface area (Å²) in [6.45, 7) is 0. The van der Waals surface area contributed by atoms with Gasteiger partial charge in [0.2, 0.25) is 0 Å². The van der Waals surface area contributed by atoms with Gasteiger partial charge in [-0.25, -0.2) is 4.98 Å². The van der Waals surface area contributed by atoms with E-state index in [-0.39, 0.29) is 5.69 Å². The van der Waals surface area contributed by atoms with E-state index in [4.69, 9.17) is 11.0 Å². The molecule has 1 rings (SSSR count). The molecule has 0 aliphatic heterocycles. The van der Waals surface area contributed by atoms with Crippen LogP contribution in [0.5, 0.6) is 0 Å². The molecule has 1 atom stereocenters. The fourth-order valence-electron chi connectivity index (χ4n) is 0.625. The summed E-state index contributed by atoms with van der Waals surface area (Å²) in [5.41, 5.74) is 5.12. The van der Waals surface area contributed by atoms with Gasteiger partial charge in [-0.3, -0.25) is 0 Å². The molecule has 70 valence electrons. The maximum Gasteiger partial charge on any atom is 0.443 e. The molecule has 13 heavy (non-hydrogen) atoms. The van der Waals surface area contributed by atoms with Gasteiger partial charge in [0, 0.05) is 5.38 Å². The first-order valence-electron chi connectivity index (χ1n) is 3.13. The minimum Gasteiger partial charge on any atom is -0.311 e. The SMILES string of the molecule is N#CC(N)c1csc(C(F)(F)F)n1. The van der Waals surface area contributed by atoms with Gasteiger partial charge in [-0.1, -0.05) is 0 Å². The third-order valence-corrected chi connectivity index (χ3v) is 2.13. The van der Waals surface area contributed by atoms with Crippen molar-refractivity contribution in [3.63, 3.8) is 0 Å². The smallest absolute Gasteiger partial charge is 0.311 e. The van der Waals surface area contributed by atoms with Crippen molar-refractivity contribution in [2.24, 2.45) is 5.73 Å². The number of thiazole rings is 1. The zero-order valence-corrected chi connectivity index (χ0v) is 6.99. The lowest BCUT2D eigenvalue weighted by Gasteiger charge is -1.99. The molecule has 1 unspecified atom stereocenters. The monoisotopic (exact) mass is 207 g/mol. The molecule has 0 aliphatic rings. The summed E-state index contributed by atoms with van der Waals surface area (Å²) in [7, 11) is 0. The molecule has 7 heteroatoms. The van der Waals surface area contributed by atoms with E-state index in [1.165, 1.54) is 0 Å². The van der Waals surface area contributed by atoms with Crippen molar-refractivity contribution in [3.8, 4) is 6.07 Å². The normalized spacial score (nSPS) is 13.8. The Morgan fingerprint density at radius 2 is 2.23 bits per heavy atom. The van der Waals surface area contributed by atoms with Gasteiger partial charge in [0.15, 0.2) is 5.01 Å². The highest BCUT2D eigenvalue weighted by Crippen LogP contribution is 2.32. The number of aromatic nitrogens is 1. The number of nitrogens with zero attached hydrogens (tertiary/aromatic N) is 2. The Hall–Kier alpha value is -1.13. The molecule has 0 radical (unpaired) electrons. The minimum atomic E-state index is -4.46. The molecule has 0 aromatic carbocycles. The average molecular weight is 207 g/mol. The van der Waals surface area contributed by atoms with Gasteiger partial charge in [-0.15, -0.1) is 11.3 Å². The summed E-state index contributed by atoms with van der Waals surface area (Å²) in [5.74, 6) is 0. The maximum atomic E-state index is 12.0. The second-order valence-electron chi connectivity index (χ2n) is 2.18. The number of halogens is 3. The molecule has 2 N–H and O–H groups in total. The van der Waals surface area contributed by atoms with E-state index in [1.807, 2.05) is 0 Å². The molecular weight excluding hydrogens is 203 g/mol. The van der Waals surface area contributed by atoms with E-state index in [2.05, 4.69) is 4.98 Å². The molecule has 0 amide bonds. The molecule has 1 heterocycles. The van der Waals surface area contributed by atoms with Crippen molar-refractivity contribution in [3.05, 3.63) is 16.1 Å². The van der Waals surface area contributed by atoms with Crippen molar-refractivity contribution < 1.29 is 13.2 Å². The van der Waals surface area contributed by atoms with Crippen LogP contribution < -0.4 is 5.73 Å². The van der Waals surface area contributed by atoms with Crippen LogP contribution in [0, 0.1) is 11.3 Å². The van der Waals surface area contributed by atoms with E-state index in [1.54, 1.807) is 6.07 Å². The molecular formula is C6H4F3N3S. The Labute approximate surface area is 75.6 Å². The lowest BCUT2D eigenvalue weighted by Crippen LogP contribution is -2.09. The largest absolute Gasteiger partial charge is 0.443 e. The van der Waals surface area contributed by atoms with Crippen LogP contribution in [0.15, 0.2) is 5.38 Å². The second kappa shape index (κ2) is 3.32. The molecule has 0 spiro atoms. The highest BCUT2D eigenvalue weighted by Gasteiger charge is 2.34. The minimum absolute atomic E-state index is 0.0418. The van der Waals surface area contributed by atoms with Crippen LogP contribution in [-0.4, -0.2) is 4.98 Å². The second-order valence-corrected chi connectivity index (χ2v) is 3.04. The zero-order valence-electron chi connectivity index (χ0n) is 6.17. The predicted octanol–water partition coefficient (Wildman–Crippen LogP) is 1.69. The van der Waals surface area contributed by atoms with Gasteiger partial charge in [0.05, 0.1) is 11.8 Å². The van der Waals surface area contributed by atoms with Gasteiger partial charge >= 0.3 is 6.18 Å². The lowest BCUT2D eigenvalue weighted by molar-refractivity contribution is -0.137. The van der Waals surface area contributed by atoms with E-state index in [9.17, 15) is 13.2 Å². The fourth-order valence-corrected chi connectivity index (χ4v) is 1.35. The van der Waals surface area contributed by atoms with Crippen molar-refractivity contribution in [2.45, 2.75) is 12.2 Å². The average Bonchev–Trinajstić information content (AvgIpc) is 2.50. The first-order valence-corrected chi connectivity index (χ1v) is 4.01. The van der Waals surface area contributed by atoms with E-state index >= 15 is 0 Å². The van der Waals surface area contributed by atoms with E-state index in [0.717, 1.165) is 5.38 Å². The number of nitrogens with two attached hydrogens (primary N) is 1. The first-order chi connectivity index (χ1) is 5.95.